The summed E-state index contributed by atoms with van der Waals surface area (Å²) in [5, 5.41) is 12.6. The number of hydrogen-bond donors (Lipinski definition) is 2. The van der Waals surface area contributed by atoms with Crippen molar-refractivity contribution in [3.63, 3.8) is 0 Å². The largest absolute Gasteiger partial charge is 0.477 e. The molecular weight excluding hydrogens is 238 g/mol. The molecule has 0 saturated heterocycles. The van der Waals surface area contributed by atoms with Crippen molar-refractivity contribution in [2.45, 2.75) is 30.6 Å². The van der Waals surface area contributed by atoms with Crippen LogP contribution in [0, 0.1) is 0 Å². The lowest BCUT2D eigenvalue weighted by atomic mass is 10.2. The van der Waals surface area contributed by atoms with E-state index in [9.17, 15) is 4.79 Å². The summed E-state index contributed by atoms with van der Waals surface area (Å²) < 4.78 is 0. The number of nitrogens with zero attached hydrogens (tertiary/aromatic N) is 2. The Kier molecular flexibility index (Phi) is 3.83. The van der Waals surface area contributed by atoms with E-state index in [1.807, 2.05) is 11.8 Å². The van der Waals surface area contributed by atoms with E-state index >= 15 is 0 Å². The summed E-state index contributed by atoms with van der Waals surface area (Å²) in [7, 11) is 0. The van der Waals surface area contributed by atoms with Crippen LogP contribution in [-0.2, 0) is 0 Å². The molecule has 2 unspecified atom stereocenters. The molecule has 1 aromatic rings. The van der Waals surface area contributed by atoms with Gasteiger partial charge in [-0.05, 0) is 25.2 Å². The van der Waals surface area contributed by atoms with E-state index in [0.29, 0.717) is 17.2 Å². The molecular formula is C11H15N3O2S. The fraction of sp³-hybridized carbons (Fsp3) is 0.545. The first kappa shape index (κ1) is 12.2. The van der Waals surface area contributed by atoms with Crippen molar-refractivity contribution >= 4 is 23.7 Å². The molecule has 92 valence electrons. The molecule has 0 amide bonds. The standard InChI is InChI=1S/C11H15N3O2S/c1-17-9-4-2-3-7(9)13-11-12-6-5-8(14-11)10(15)16/h5-7,9H,2-4H2,1H3,(H,15,16)(H,12,13,14). The Balaban J connectivity index is 2.07. The van der Waals surface area contributed by atoms with Crippen LogP contribution >= 0.6 is 11.8 Å². The van der Waals surface area contributed by atoms with Gasteiger partial charge in [-0.15, -0.1) is 0 Å². The second kappa shape index (κ2) is 5.35. The van der Waals surface area contributed by atoms with Gasteiger partial charge in [0.25, 0.3) is 0 Å². The van der Waals surface area contributed by atoms with E-state index in [-0.39, 0.29) is 5.69 Å². The molecule has 1 fully saturated rings. The summed E-state index contributed by atoms with van der Waals surface area (Å²) >= 11 is 1.84. The molecule has 1 aromatic heterocycles. The number of carboxylic acid groups (broad SMARTS) is 1. The van der Waals surface area contributed by atoms with E-state index in [0.717, 1.165) is 6.42 Å². The van der Waals surface area contributed by atoms with E-state index < -0.39 is 5.97 Å². The van der Waals surface area contributed by atoms with Crippen LogP contribution < -0.4 is 5.32 Å². The summed E-state index contributed by atoms with van der Waals surface area (Å²) in [5.74, 6) is -0.612. The average Bonchev–Trinajstić information content (AvgIpc) is 2.76. The maximum atomic E-state index is 10.8. The minimum Gasteiger partial charge on any atom is -0.477 e. The van der Waals surface area contributed by atoms with Gasteiger partial charge in [0, 0.05) is 17.5 Å². The van der Waals surface area contributed by atoms with Crippen molar-refractivity contribution in [1.82, 2.24) is 9.97 Å². The third-order valence-electron chi connectivity index (χ3n) is 2.94. The maximum absolute atomic E-state index is 10.8. The fourth-order valence-electron chi connectivity index (χ4n) is 2.09. The van der Waals surface area contributed by atoms with Crippen LogP contribution in [0.5, 0.6) is 0 Å². The molecule has 0 aliphatic heterocycles. The van der Waals surface area contributed by atoms with E-state index in [1.54, 1.807) is 0 Å². The molecule has 2 atom stereocenters. The summed E-state index contributed by atoms with van der Waals surface area (Å²) in [6.07, 6.45) is 7.05. The first-order valence-electron chi connectivity index (χ1n) is 5.56. The molecule has 0 spiro atoms. The monoisotopic (exact) mass is 253 g/mol. The Morgan fingerprint density at radius 1 is 1.59 bits per heavy atom. The molecule has 0 radical (unpaired) electrons. The molecule has 2 rings (SSSR count). The summed E-state index contributed by atoms with van der Waals surface area (Å²) in [5.41, 5.74) is 0.0289. The lowest BCUT2D eigenvalue weighted by molar-refractivity contribution is 0.0690. The SMILES string of the molecule is CSC1CCCC1Nc1nccc(C(=O)O)n1. The third kappa shape index (κ3) is 2.88. The smallest absolute Gasteiger partial charge is 0.354 e. The zero-order valence-electron chi connectivity index (χ0n) is 9.59. The van der Waals surface area contributed by atoms with Gasteiger partial charge in [-0.3, -0.25) is 0 Å². The zero-order valence-corrected chi connectivity index (χ0v) is 10.4. The lowest BCUT2D eigenvalue weighted by Gasteiger charge is -2.18. The highest BCUT2D eigenvalue weighted by Gasteiger charge is 2.26. The minimum atomic E-state index is -1.02. The second-order valence-corrected chi connectivity index (χ2v) is 5.10. The van der Waals surface area contributed by atoms with Gasteiger partial charge in [0.05, 0.1) is 0 Å². The van der Waals surface area contributed by atoms with Crippen LogP contribution in [0.2, 0.25) is 0 Å². The van der Waals surface area contributed by atoms with Gasteiger partial charge in [-0.25, -0.2) is 14.8 Å². The first-order valence-corrected chi connectivity index (χ1v) is 6.85. The van der Waals surface area contributed by atoms with Crippen molar-refractivity contribution in [1.29, 1.82) is 0 Å². The summed E-state index contributed by atoms with van der Waals surface area (Å²) in [4.78, 5) is 18.8. The van der Waals surface area contributed by atoms with Crippen LogP contribution in [0.3, 0.4) is 0 Å². The number of aromatic nitrogens is 2. The van der Waals surface area contributed by atoms with E-state index in [2.05, 4.69) is 21.5 Å². The zero-order chi connectivity index (χ0) is 12.3. The van der Waals surface area contributed by atoms with Crippen molar-refractivity contribution in [3.05, 3.63) is 18.0 Å². The average molecular weight is 253 g/mol. The highest BCUT2D eigenvalue weighted by atomic mass is 32.2. The van der Waals surface area contributed by atoms with Gasteiger partial charge >= 0.3 is 5.97 Å². The molecule has 5 nitrogen and oxygen atoms in total. The maximum Gasteiger partial charge on any atom is 0.354 e. The summed E-state index contributed by atoms with van der Waals surface area (Å²) in [6, 6.07) is 1.74. The van der Waals surface area contributed by atoms with Crippen molar-refractivity contribution in [2.24, 2.45) is 0 Å². The second-order valence-electron chi connectivity index (χ2n) is 4.03. The molecule has 1 aliphatic carbocycles. The molecule has 1 saturated carbocycles. The van der Waals surface area contributed by atoms with Crippen LogP contribution in [0.15, 0.2) is 12.3 Å². The Hall–Kier alpha value is -1.30. The Morgan fingerprint density at radius 3 is 3.12 bits per heavy atom. The van der Waals surface area contributed by atoms with Crippen molar-refractivity contribution < 1.29 is 9.90 Å². The van der Waals surface area contributed by atoms with Gasteiger partial charge in [0.1, 0.15) is 0 Å². The number of thioether (sulfide) groups is 1. The molecule has 2 N–H and O–H groups in total. The number of aromatic carboxylic acids is 1. The highest BCUT2D eigenvalue weighted by Crippen LogP contribution is 2.30. The van der Waals surface area contributed by atoms with Crippen LogP contribution in [0.1, 0.15) is 29.8 Å². The van der Waals surface area contributed by atoms with Crippen LogP contribution in [0.4, 0.5) is 5.95 Å². The first-order chi connectivity index (χ1) is 8.20. The predicted octanol–water partition coefficient (Wildman–Crippen LogP) is 1.87. The Bertz CT molecular complexity index is 413. The minimum absolute atomic E-state index is 0.0289. The van der Waals surface area contributed by atoms with Gasteiger partial charge in [0.15, 0.2) is 5.69 Å². The van der Waals surface area contributed by atoms with Crippen molar-refractivity contribution in [3.8, 4) is 0 Å². The third-order valence-corrected chi connectivity index (χ3v) is 4.11. The Morgan fingerprint density at radius 2 is 2.41 bits per heavy atom. The van der Waals surface area contributed by atoms with E-state index in [4.69, 9.17) is 5.11 Å². The molecule has 1 heterocycles. The molecule has 1 aliphatic rings. The van der Waals surface area contributed by atoms with Gasteiger partial charge in [-0.1, -0.05) is 6.42 Å². The van der Waals surface area contributed by atoms with Crippen LogP contribution in [-0.4, -0.2) is 38.6 Å². The Labute approximate surface area is 104 Å². The van der Waals surface area contributed by atoms with E-state index in [1.165, 1.54) is 25.1 Å². The van der Waals surface area contributed by atoms with Gasteiger partial charge in [-0.2, -0.15) is 11.8 Å². The number of carbonyl (C=O) groups is 1. The molecule has 17 heavy (non-hydrogen) atoms. The number of nitrogens with one attached hydrogen (secondary N) is 1. The highest BCUT2D eigenvalue weighted by molar-refractivity contribution is 7.99. The topological polar surface area (TPSA) is 75.1 Å². The number of hydrogen-bond acceptors (Lipinski definition) is 5. The molecule has 0 aromatic carbocycles. The van der Waals surface area contributed by atoms with Crippen molar-refractivity contribution in [2.75, 3.05) is 11.6 Å². The molecule has 6 heteroatoms. The summed E-state index contributed by atoms with van der Waals surface area (Å²) in [6.45, 7) is 0. The van der Waals surface area contributed by atoms with Gasteiger partial charge < -0.3 is 10.4 Å². The predicted molar refractivity (Wildman–Crippen MR) is 67.6 cm³/mol. The van der Waals surface area contributed by atoms with Crippen LogP contribution in [0.25, 0.3) is 0 Å². The number of carboxylic acids is 1. The normalized spacial score (nSPS) is 23.6. The van der Waals surface area contributed by atoms with Gasteiger partial charge in [0.2, 0.25) is 5.95 Å². The molecule has 0 bridgehead atoms. The quantitative estimate of drug-likeness (QED) is 0.853. The number of rotatable bonds is 4. The lowest BCUT2D eigenvalue weighted by Crippen LogP contribution is -2.27. The number of anilines is 1. The fourth-order valence-corrected chi connectivity index (χ4v) is 3.02.